The van der Waals surface area contributed by atoms with Crippen molar-refractivity contribution < 1.29 is 24.3 Å². The molecule has 7 nitrogen and oxygen atoms in total. The van der Waals surface area contributed by atoms with Gasteiger partial charge in [-0.25, -0.2) is 5.48 Å². The fraction of sp³-hybridized carbons (Fsp3) is 0.364. The average Bonchev–Trinajstić information content (AvgIpc) is 3.56. The lowest BCUT2D eigenvalue weighted by atomic mass is 10.0. The molecule has 2 aliphatic rings. The van der Waals surface area contributed by atoms with E-state index in [9.17, 15) is 9.59 Å². The molecule has 0 saturated heterocycles. The zero-order valence-corrected chi connectivity index (χ0v) is 17.8. The van der Waals surface area contributed by atoms with E-state index in [-0.39, 0.29) is 32.1 Å². The molecule has 1 atom stereocenters. The second kappa shape index (κ2) is 9.07. The summed E-state index contributed by atoms with van der Waals surface area (Å²) in [7, 11) is 1.62. The van der Waals surface area contributed by atoms with Gasteiger partial charge in [0.1, 0.15) is 12.4 Å². The molecule has 4 rings (SSSR count). The van der Waals surface area contributed by atoms with Crippen molar-refractivity contribution in [2.75, 3.05) is 20.3 Å². The SMILES string of the molecule is COCC1(C(=O)N2Cc3ccc(C(=O)NO)cc3OC[C@@H]2c2ccccc2)CC1.S. The zero-order valence-electron chi connectivity index (χ0n) is 16.8. The Kier molecular flexibility index (Phi) is 6.70. The molecule has 1 aliphatic heterocycles. The Morgan fingerprint density at radius 2 is 1.97 bits per heavy atom. The summed E-state index contributed by atoms with van der Waals surface area (Å²) in [6, 6.07) is 14.5. The van der Waals surface area contributed by atoms with Crippen LogP contribution in [-0.4, -0.2) is 42.2 Å². The minimum atomic E-state index is -0.606. The van der Waals surface area contributed by atoms with Crippen LogP contribution in [0.25, 0.3) is 0 Å². The molecule has 2 amide bonds. The maximum absolute atomic E-state index is 13.5. The molecule has 1 heterocycles. The number of benzene rings is 2. The quantitative estimate of drug-likeness (QED) is 0.563. The molecule has 160 valence electrons. The van der Waals surface area contributed by atoms with Crippen LogP contribution in [0.3, 0.4) is 0 Å². The lowest BCUT2D eigenvalue weighted by Gasteiger charge is -2.32. The van der Waals surface area contributed by atoms with Gasteiger partial charge in [-0.15, -0.1) is 0 Å². The zero-order chi connectivity index (χ0) is 20.4. The summed E-state index contributed by atoms with van der Waals surface area (Å²) < 4.78 is 11.4. The lowest BCUT2D eigenvalue weighted by molar-refractivity contribution is -0.142. The van der Waals surface area contributed by atoms with E-state index < -0.39 is 11.3 Å². The third kappa shape index (κ3) is 4.16. The van der Waals surface area contributed by atoms with E-state index in [2.05, 4.69) is 0 Å². The van der Waals surface area contributed by atoms with Gasteiger partial charge < -0.3 is 14.4 Å². The number of nitrogens with zero attached hydrogens (tertiary/aromatic N) is 1. The summed E-state index contributed by atoms with van der Waals surface area (Å²) in [5.41, 5.74) is 3.29. The number of methoxy groups -OCH3 is 1. The minimum Gasteiger partial charge on any atom is -0.491 e. The lowest BCUT2D eigenvalue weighted by Crippen LogP contribution is -2.42. The summed E-state index contributed by atoms with van der Waals surface area (Å²) in [6.07, 6.45) is 1.64. The van der Waals surface area contributed by atoms with Crippen molar-refractivity contribution >= 4 is 25.3 Å². The molecule has 1 fully saturated rings. The first kappa shape index (κ1) is 22.1. The van der Waals surface area contributed by atoms with Crippen LogP contribution in [-0.2, 0) is 16.1 Å². The Balaban J connectivity index is 0.00000256. The van der Waals surface area contributed by atoms with Gasteiger partial charge in [0.25, 0.3) is 5.91 Å². The second-order valence-electron chi connectivity index (χ2n) is 7.65. The van der Waals surface area contributed by atoms with Gasteiger partial charge in [0, 0.05) is 18.2 Å². The topological polar surface area (TPSA) is 88.1 Å². The molecule has 0 aromatic heterocycles. The van der Waals surface area contributed by atoms with E-state index >= 15 is 0 Å². The number of hydrogen-bond acceptors (Lipinski definition) is 5. The molecule has 1 aliphatic carbocycles. The highest BCUT2D eigenvalue weighted by Gasteiger charge is 2.53. The van der Waals surface area contributed by atoms with Gasteiger partial charge in [0.2, 0.25) is 5.91 Å². The largest absolute Gasteiger partial charge is 0.491 e. The van der Waals surface area contributed by atoms with E-state index in [1.165, 1.54) is 0 Å². The molecule has 0 radical (unpaired) electrons. The molecule has 2 aromatic rings. The first-order valence-corrected chi connectivity index (χ1v) is 9.63. The van der Waals surface area contributed by atoms with Gasteiger partial charge in [0.05, 0.1) is 24.6 Å². The average molecular weight is 431 g/mol. The van der Waals surface area contributed by atoms with Crippen LogP contribution in [0.15, 0.2) is 48.5 Å². The Bertz CT molecular complexity index is 917. The van der Waals surface area contributed by atoms with Crippen LogP contribution in [0.2, 0.25) is 0 Å². The fourth-order valence-electron chi connectivity index (χ4n) is 3.89. The van der Waals surface area contributed by atoms with Gasteiger partial charge in [-0.2, -0.15) is 13.5 Å². The highest BCUT2D eigenvalue weighted by atomic mass is 32.1. The third-order valence-corrected chi connectivity index (χ3v) is 5.72. The van der Waals surface area contributed by atoms with E-state index in [1.807, 2.05) is 35.2 Å². The van der Waals surface area contributed by atoms with Crippen molar-refractivity contribution in [2.45, 2.75) is 25.4 Å². The van der Waals surface area contributed by atoms with Gasteiger partial charge in [-0.3, -0.25) is 14.8 Å². The van der Waals surface area contributed by atoms with E-state index in [4.69, 9.17) is 14.7 Å². The number of ether oxygens (including phenoxy) is 2. The third-order valence-electron chi connectivity index (χ3n) is 5.72. The minimum absolute atomic E-state index is 0. The molecule has 2 aromatic carbocycles. The summed E-state index contributed by atoms with van der Waals surface area (Å²) in [5.74, 6) is 0.00553. The standard InChI is InChI=1S/C22H24N2O5.H2S/c1-28-14-22(9-10-22)21(26)24-12-17-8-7-16(20(25)23-27)11-19(17)29-13-18(24)15-5-3-2-4-6-15;/h2-8,11,18,27H,9-10,12-14H2,1H3,(H,23,25);1H2/t18-;/m1./s1. The Hall–Kier alpha value is -2.55. The number of carbonyl (C=O) groups excluding carboxylic acids is 2. The van der Waals surface area contributed by atoms with Crippen LogP contribution < -0.4 is 10.2 Å². The highest BCUT2D eigenvalue weighted by Crippen LogP contribution is 2.49. The number of carbonyl (C=O) groups is 2. The molecule has 0 spiro atoms. The van der Waals surface area contributed by atoms with Crippen LogP contribution >= 0.6 is 13.5 Å². The number of rotatable bonds is 5. The molecule has 30 heavy (non-hydrogen) atoms. The normalized spacial score (nSPS) is 18.9. The predicted octanol–water partition coefficient (Wildman–Crippen LogP) is 2.81. The van der Waals surface area contributed by atoms with Gasteiger partial charge in [-0.1, -0.05) is 36.4 Å². The monoisotopic (exact) mass is 430 g/mol. The van der Waals surface area contributed by atoms with Crippen molar-refractivity contribution in [1.29, 1.82) is 0 Å². The fourth-order valence-corrected chi connectivity index (χ4v) is 3.89. The second-order valence-corrected chi connectivity index (χ2v) is 7.65. The van der Waals surface area contributed by atoms with Crippen molar-refractivity contribution in [1.82, 2.24) is 10.4 Å². The summed E-state index contributed by atoms with van der Waals surface area (Å²) in [5, 5.41) is 8.90. The van der Waals surface area contributed by atoms with Crippen molar-refractivity contribution in [3.8, 4) is 5.75 Å². The summed E-state index contributed by atoms with van der Waals surface area (Å²) >= 11 is 0. The maximum Gasteiger partial charge on any atom is 0.274 e. The number of hydroxylamine groups is 1. The predicted molar refractivity (Wildman–Crippen MR) is 115 cm³/mol. The van der Waals surface area contributed by atoms with Crippen LogP contribution in [0, 0.1) is 5.41 Å². The summed E-state index contributed by atoms with van der Waals surface area (Å²) in [4.78, 5) is 27.2. The number of amides is 2. The molecule has 8 heteroatoms. The molecule has 2 N–H and O–H groups in total. The molecule has 0 unspecified atom stereocenters. The first-order valence-electron chi connectivity index (χ1n) is 9.63. The van der Waals surface area contributed by atoms with E-state index in [1.54, 1.807) is 30.8 Å². The van der Waals surface area contributed by atoms with Crippen molar-refractivity contribution in [2.24, 2.45) is 5.41 Å². The van der Waals surface area contributed by atoms with Crippen LogP contribution in [0.4, 0.5) is 0 Å². The van der Waals surface area contributed by atoms with E-state index in [0.717, 1.165) is 24.0 Å². The molecular weight excluding hydrogens is 404 g/mol. The Morgan fingerprint density at radius 1 is 1.23 bits per heavy atom. The Labute approximate surface area is 182 Å². The maximum atomic E-state index is 13.5. The van der Waals surface area contributed by atoms with Crippen molar-refractivity contribution in [3.05, 3.63) is 65.2 Å². The molecule has 0 bridgehead atoms. The van der Waals surface area contributed by atoms with Gasteiger partial charge in [-0.05, 0) is 30.5 Å². The first-order chi connectivity index (χ1) is 14.1. The van der Waals surface area contributed by atoms with Gasteiger partial charge >= 0.3 is 0 Å². The molecular formula is C22H26N2O5S. The van der Waals surface area contributed by atoms with Gasteiger partial charge in [0.15, 0.2) is 0 Å². The highest BCUT2D eigenvalue weighted by molar-refractivity contribution is 7.59. The summed E-state index contributed by atoms with van der Waals surface area (Å²) in [6.45, 7) is 1.06. The van der Waals surface area contributed by atoms with Crippen LogP contribution in [0.1, 0.15) is 40.4 Å². The Morgan fingerprint density at radius 3 is 2.60 bits per heavy atom. The van der Waals surface area contributed by atoms with Crippen LogP contribution in [0.5, 0.6) is 5.75 Å². The van der Waals surface area contributed by atoms with Crippen molar-refractivity contribution in [3.63, 3.8) is 0 Å². The molecule has 1 saturated carbocycles. The smallest absolute Gasteiger partial charge is 0.274 e. The number of nitrogens with one attached hydrogen (secondary N) is 1. The number of fused-ring (bicyclic) bond motifs is 1. The van der Waals surface area contributed by atoms with E-state index in [0.29, 0.717) is 24.5 Å². The number of hydrogen-bond donors (Lipinski definition) is 2.